The van der Waals surface area contributed by atoms with Crippen molar-refractivity contribution in [2.24, 2.45) is 0 Å². The maximum absolute atomic E-state index is 12.4. The van der Waals surface area contributed by atoms with Crippen LogP contribution in [0.2, 0.25) is 0 Å². The average Bonchev–Trinajstić information content (AvgIpc) is 2.46. The third-order valence-corrected chi connectivity index (χ3v) is 1.77. The topological polar surface area (TPSA) is 67.6 Å². The number of alkyl halides is 3. The van der Waals surface area contributed by atoms with E-state index in [4.69, 9.17) is 5.73 Å². The Labute approximate surface area is 75.9 Å². The Kier molecular flexibility index (Phi) is 1.63. The molecule has 0 saturated carbocycles. The summed E-state index contributed by atoms with van der Waals surface area (Å²) in [6.07, 6.45) is -3.46. The fourth-order valence-electron chi connectivity index (χ4n) is 1.21. The predicted octanol–water partition coefficient (Wildman–Crippen LogP) is 1.56. The number of anilines is 1. The maximum Gasteiger partial charge on any atom is 0.434 e. The summed E-state index contributed by atoms with van der Waals surface area (Å²) < 4.78 is 37.2. The summed E-state index contributed by atoms with van der Waals surface area (Å²) in [6.45, 7) is 0. The van der Waals surface area contributed by atoms with Crippen LogP contribution in [0.5, 0.6) is 0 Å². The van der Waals surface area contributed by atoms with E-state index in [2.05, 4.69) is 15.2 Å². The maximum atomic E-state index is 12.4. The SMILES string of the molecule is Nc1n[nH]c2ccnc(C(F)(F)F)c12. The Morgan fingerprint density at radius 3 is 2.71 bits per heavy atom. The van der Waals surface area contributed by atoms with E-state index >= 15 is 0 Å². The fraction of sp³-hybridized carbons (Fsp3) is 0.143. The van der Waals surface area contributed by atoms with E-state index in [1.54, 1.807) is 0 Å². The van der Waals surface area contributed by atoms with Crippen LogP contribution in [0.1, 0.15) is 5.69 Å². The average molecular weight is 202 g/mol. The Morgan fingerprint density at radius 1 is 1.36 bits per heavy atom. The van der Waals surface area contributed by atoms with Gasteiger partial charge in [0.15, 0.2) is 11.5 Å². The molecule has 0 unspecified atom stereocenters. The Balaban J connectivity index is 2.82. The van der Waals surface area contributed by atoms with Crippen LogP contribution in [0.25, 0.3) is 10.9 Å². The zero-order valence-corrected chi connectivity index (χ0v) is 6.76. The molecule has 0 aliphatic carbocycles. The summed E-state index contributed by atoms with van der Waals surface area (Å²) in [6, 6.07) is 1.38. The predicted molar refractivity (Wildman–Crippen MR) is 43.3 cm³/mol. The summed E-state index contributed by atoms with van der Waals surface area (Å²) in [5, 5.41) is 5.69. The van der Waals surface area contributed by atoms with Crippen LogP contribution < -0.4 is 5.73 Å². The lowest BCUT2D eigenvalue weighted by Crippen LogP contribution is -2.08. The highest BCUT2D eigenvalue weighted by atomic mass is 19.4. The first-order valence-corrected chi connectivity index (χ1v) is 3.66. The van der Waals surface area contributed by atoms with Crippen molar-refractivity contribution in [2.75, 3.05) is 5.73 Å². The zero-order valence-electron chi connectivity index (χ0n) is 6.76. The minimum Gasteiger partial charge on any atom is -0.382 e. The van der Waals surface area contributed by atoms with Gasteiger partial charge in [-0.05, 0) is 6.07 Å². The number of hydrogen-bond donors (Lipinski definition) is 2. The number of halogens is 3. The van der Waals surface area contributed by atoms with E-state index in [1.807, 2.05) is 0 Å². The number of aromatic nitrogens is 3. The summed E-state index contributed by atoms with van der Waals surface area (Å²) in [4.78, 5) is 3.25. The van der Waals surface area contributed by atoms with Crippen LogP contribution in [-0.4, -0.2) is 15.2 Å². The third-order valence-electron chi connectivity index (χ3n) is 1.77. The monoisotopic (exact) mass is 202 g/mol. The van der Waals surface area contributed by atoms with E-state index in [-0.39, 0.29) is 16.7 Å². The summed E-state index contributed by atoms with van der Waals surface area (Å²) in [7, 11) is 0. The number of nitrogens with one attached hydrogen (secondary N) is 1. The van der Waals surface area contributed by atoms with Gasteiger partial charge >= 0.3 is 6.18 Å². The van der Waals surface area contributed by atoms with Crippen LogP contribution in [0, 0.1) is 0 Å². The van der Waals surface area contributed by atoms with Crippen molar-refractivity contribution >= 4 is 16.7 Å². The van der Waals surface area contributed by atoms with Gasteiger partial charge in [-0.1, -0.05) is 0 Å². The van der Waals surface area contributed by atoms with Crippen LogP contribution in [0.15, 0.2) is 12.3 Å². The first-order chi connectivity index (χ1) is 6.50. The van der Waals surface area contributed by atoms with Crippen molar-refractivity contribution in [1.29, 1.82) is 0 Å². The Morgan fingerprint density at radius 2 is 2.07 bits per heavy atom. The minimum absolute atomic E-state index is 0.181. The molecule has 4 nitrogen and oxygen atoms in total. The van der Waals surface area contributed by atoms with Gasteiger partial charge in [-0.15, -0.1) is 0 Å². The van der Waals surface area contributed by atoms with Gasteiger partial charge in [0.05, 0.1) is 10.9 Å². The lowest BCUT2D eigenvalue weighted by atomic mass is 10.2. The molecule has 0 fully saturated rings. The molecule has 2 aromatic rings. The molecule has 2 rings (SSSR count). The number of hydrogen-bond acceptors (Lipinski definition) is 3. The highest BCUT2D eigenvalue weighted by Crippen LogP contribution is 2.34. The normalized spacial score (nSPS) is 12.2. The number of nitrogens with two attached hydrogens (primary N) is 1. The van der Waals surface area contributed by atoms with E-state index in [9.17, 15) is 13.2 Å². The number of pyridine rings is 1. The molecule has 2 aromatic heterocycles. The van der Waals surface area contributed by atoms with Crippen molar-refractivity contribution in [1.82, 2.24) is 15.2 Å². The summed E-state index contributed by atoms with van der Waals surface area (Å²) in [5.74, 6) is -0.194. The molecule has 0 aliphatic rings. The van der Waals surface area contributed by atoms with Gasteiger partial charge in [-0.2, -0.15) is 18.3 Å². The first kappa shape index (κ1) is 8.79. The lowest BCUT2D eigenvalue weighted by Gasteiger charge is -2.05. The fourth-order valence-corrected chi connectivity index (χ4v) is 1.21. The number of rotatable bonds is 0. The van der Waals surface area contributed by atoms with Crippen molar-refractivity contribution in [3.63, 3.8) is 0 Å². The zero-order chi connectivity index (χ0) is 10.3. The minimum atomic E-state index is -4.52. The smallest absolute Gasteiger partial charge is 0.382 e. The van der Waals surface area contributed by atoms with E-state index in [0.29, 0.717) is 0 Å². The molecule has 0 aliphatic heterocycles. The second-order valence-corrected chi connectivity index (χ2v) is 2.69. The third kappa shape index (κ3) is 1.17. The van der Waals surface area contributed by atoms with Crippen molar-refractivity contribution in [3.05, 3.63) is 18.0 Å². The number of fused-ring (bicyclic) bond motifs is 1. The van der Waals surface area contributed by atoms with E-state index in [1.165, 1.54) is 6.07 Å². The molecular formula is C7H5F3N4. The van der Waals surface area contributed by atoms with Crippen LogP contribution in [0.3, 0.4) is 0 Å². The lowest BCUT2D eigenvalue weighted by molar-refractivity contribution is -0.139. The molecule has 0 saturated heterocycles. The quantitative estimate of drug-likeness (QED) is 0.681. The van der Waals surface area contributed by atoms with Gasteiger partial charge in [-0.25, -0.2) is 0 Å². The Bertz CT molecular complexity index is 473. The molecule has 7 heteroatoms. The van der Waals surface area contributed by atoms with Gasteiger partial charge in [0, 0.05) is 6.20 Å². The van der Waals surface area contributed by atoms with Gasteiger partial charge < -0.3 is 5.73 Å². The number of nitrogens with zero attached hydrogens (tertiary/aromatic N) is 2. The van der Waals surface area contributed by atoms with Gasteiger partial charge in [-0.3, -0.25) is 10.1 Å². The van der Waals surface area contributed by atoms with Crippen molar-refractivity contribution < 1.29 is 13.2 Å². The highest BCUT2D eigenvalue weighted by molar-refractivity contribution is 5.90. The molecule has 0 spiro atoms. The standard InChI is InChI=1S/C7H5F3N4/c8-7(9,10)5-4-3(1-2-12-5)13-14-6(4)11/h1-2H,(H3,11,13,14). The summed E-state index contributed by atoms with van der Waals surface area (Å²) in [5.41, 5.74) is 4.51. The first-order valence-electron chi connectivity index (χ1n) is 3.66. The molecule has 2 heterocycles. The highest BCUT2D eigenvalue weighted by Gasteiger charge is 2.35. The summed E-state index contributed by atoms with van der Waals surface area (Å²) >= 11 is 0. The second-order valence-electron chi connectivity index (χ2n) is 2.69. The van der Waals surface area contributed by atoms with Crippen molar-refractivity contribution in [3.8, 4) is 0 Å². The van der Waals surface area contributed by atoms with E-state index in [0.717, 1.165) is 6.20 Å². The second kappa shape index (κ2) is 2.60. The van der Waals surface area contributed by atoms with Crippen LogP contribution in [-0.2, 0) is 6.18 Å². The Hall–Kier alpha value is -1.79. The number of H-pyrrole nitrogens is 1. The molecule has 0 radical (unpaired) electrons. The van der Waals surface area contributed by atoms with Gasteiger partial charge in [0.1, 0.15) is 0 Å². The van der Waals surface area contributed by atoms with Crippen molar-refractivity contribution in [2.45, 2.75) is 6.18 Å². The molecule has 0 amide bonds. The number of aromatic amines is 1. The molecule has 3 N–H and O–H groups in total. The molecule has 0 aromatic carbocycles. The van der Waals surface area contributed by atoms with Crippen LogP contribution >= 0.6 is 0 Å². The molecular weight excluding hydrogens is 197 g/mol. The molecule has 0 atom stereocenters. The number of nitrogen functional groups attached to an aromatic ring is 1. The molecule has 0 bridgehead atoms. The van der Waals surface area contributed by atoms with Gasteiger partial charge in [0.2, 0.25) is 0 Å². The largest absolute Gasteiger partial charge is 0.434 e. The van der Waals surface area contributed by atoms with E-state index < -0.39 is 11.9 Å². The molecule has 14 heavy (non-hydrogen) atoms. The van der Waals surface area contributed by atoms with Crippen LogP contribution in [0.4, 0.5) is 19.0 Å². The molecule has 74 valence electrons. The van der Waals surface area contributed by atoms with Gasteiger partial charge in [0.25, 0.3) is 0 Å².